The third kappa shape index (κ3) is 3.30. The Morgan fingerprint density at radius 1 is 1.38 bits per heavy atom. The van der Waals surface area contributed by atoms with Crippen LogP contribution >= 0.6 is 15.9 Å². The molecular weight excluding hydrogens is 338 g/mol. The first-order chi connectivity index (χ1) is 9.90. The number of H-pyrrole nitrogens is 1. The van der Waals surface area contributed by atoms with Gasteiger partial charge in [0.1, 0.15) is 0 Å². The molecule has 0 aliphatic heterocycles. The molecule has 0 atom stereocenters. The molecule has 1 aromatic carbocycles. The first-order valence-electron chi connectivity index (χ1n) is 6.22. The van der Waals surface area contributed by atoms with E-state index in [4.69, 9.17) is 5.11 Å². The number of amides is 1. The first kappa shape index (κ1) is 15.2. The highest BCUT2D eigenvalue weighted by atomic mass is 79.9. The number of hydrogen-bond acceptors (Lipinski definition) is 3. The number of aryl methyl sites for hydroxylation is 2. The van der Waals surface area contributed by atoms with Crippen molar-refractivity contribution in [1.29, 1.82) is 0 Å². The molecule has 110 valence electrons. The number of anilines is 1. The van der Waals surface area contributed by atoms with Crippen LogP contribution < -0.4 is 5.32 Å². The fourth-order valence-electron chi connectivity index (χ4n) is 2.01. The lowest BCUT2D eigenvalue weighted by Crippen LogP contribution is -2.18. The van der Waals surface area contributed by atoms with Gasteiger partial charge in [0.05, 0.1) is 23.4 Å². The van der Waals surface area contributed by atoms with E-state index in [1.165, 1.54) is 6.07 Å². The van der Waals surface area contributed by atoms with E-state index in [-0.39, 0.29) is 23.6 Å². The summed E-state index contributed by atoms with van der Waals surface area (Å²) in [6.45, 7) is 3.65. The molecule has 2 rings (SSSR count). The van der Waals surface area contributed by atoms with Gasteiger partial charge in [-0.2, -0.15) is 5.10 Å². The maximum absolute atomic E-state index is 12.1. The van der Waals surface area contributed by atoms with E-state index in [2.05, 4.69) is 31.4 Å². The van der Waals surface area contributed by atoms with Crippen LogP contribution in [0.3, 0.4) is 0 Å². The Kier molecular flexibility index (Phi) is 4.42. The second kappa shape index (κ2) is 6.09. The number of carboxylic acid groups (broad SMARTS) is 1. The minimum atomic E-state index is -1.10. The number of carboxylic acids is 1. The van der Waals surface area contributed by atoms with Crippen molar-refractivity contribution < 1.29 is 14.7 Å². The Morgan fingerprint density at radius 3 is 2.67 bits per heavy atom. The summed E-state index contributed by atoms with van der Waals surface area (Å²) in [5, 5.41) is 18.7. The molecular formula is C14H14BrN3O3. The Morgan fingerprint density at radius 2 is 2.10 bits per heavy atom. The smallest absolute Gasteiger partial charge is 0.337 e. The fraction of sp³-hybridized carbons (Fsp3) is 0.214. The van der Waals surface area contributed by atoms with Gasteiger partial charge in [0.25, 0.3) is 0 Å². The Balaban J connectivity index is 2.23. The molecule has 2 aromatic rings. The standard InChI is InChI=1S/C14H14BrN3O3/c1-7-10(8(2)18-17-7)6-12(19)16-13-9(14(20)21)4-3-5-11(13)15/h3-5H,6H2,1-2H3,(H,16,19)(H,17,18)(H,20,21). The number of aromatic amines is 1. The highest BCUT2D eigenvalue weighted by molar-refractivity contribution is 9.10. The molecule has 6 nitrogen and oxygen atoms in total. The second-order valence-electron chi connectivity index (χ2n) is 4.61. The molecule has 7 heteroatoms. The molecule has 3 N–H and O–H groups in total. The van der Waals surface area contributed by atoms with Gasteiger partial charge in [-0.25, -0.2) is 4.79 Å². The van der Waals surface area contributed by atoms with E-state index in [9.17, 15) is 9.59 Å². The minimum absolute atomic E-state index is 0.0402. The molecule has 0 bridgehead atoms. The quantitative estimate of drug-likeness (QED) is 0.788. The van der Waals surface area contributed by atoms with Gasteiger partial charge in [-0.15, -0.1) is 0 Å². The van der Waals surface area contributed by atoms with E-state index in [1.54, 1.807) is 12.1 Å². The number of hydrogen-bond donors (Lipinski definition) is 3. The van der Waals surface area contributed by atoms with Crippen molar-refractivity contribution in [3.8, 4) is 0 Å². The third-order valence-electron chi connectivity index (χ3n) is 3.13. The number of nitrogens with zero attached hydrogens (tertiary/aromatic N) is 1. The minimum Gasteiger partial charge on any atom is -0.478 e. The van der Waals surface area contributed by atoms with Crippen LogP contribution in [0.4, 0.5) is 5.69 Å². The number of rotatable bonds is 4. The topological polar surface area (TPSA) is 95.1 Å². The Hall–Kier alpha value is -2.15. The normalized spacial score (nSPS) is 10.4. The van der Waals surface area contributed by atoms with Gasteiger partial charge in [0, 0.05) is 15.7 Å². The predicted molar refractivity (Wildman–Crippen MR) is 81.5 cm³/mol. The third-order valence-corrected chi connectivity index (χ3v) is 3.79. The molecule has 1 heterocycles. The molecule has 0 aliphatic rings. The fourth-order valence-corrected chi connectivity index (χ4v) is 2.47. The SMILES string of the molecule is Cc1n[nH]c(C)c1CC(=O)Nc1c(Br)cccc1C(=O)O. The van der Waals surface area contributed by atoms with E-state index < -0.39 is 5.97 Å². The van der Waals surface area contributed by atoms with Crippen molar-refractivity contribution in [2.45, 2.75) is 20.3 Å². The van der Waals surface area contributed by atoms with Gasteiger partial charge in [-0.05, 0) is 41.9 Å². The van der Waals surface area contributed by atoms with Gasteiger partial charge in [-0.3, -0.25) is 9.89 Å². The van der Waals surface area contributed by atoms with Gasteiger partial charge in [0.15, 0.2) is 0 Å². The number of para-hydroxylation sites is 1. The first-order valence-corrected chi connectivity index (χ1v) is 7.01. The number of nitrogens with one attached hydrogen (secondary N) is 2. The van der Waals surface area contributed by atoms with Crippen molar-refractivity contribution >= 4 is 33.5 Å². The highest BCUT2D eigenvalue weighted by Gasteiger charge is 2.17. The van der Waals surface area contributed by atoms with Crippen molar-refractivity contribution in [2.75, 3.05) is 5.32 Å². The molecule has 0 aliphatic carbocycles. The molecule has 0 saturated heterocycles. The maximum Gasteiger partial charge on any atom is 0.337 e. The van der Waals surface area contributed by atoms with E-state index in [1.807, 2.05) is 13.8 Å². The van der Waals surface area contributed by atoms with Crippen molar-refractivity contribution in [3.63, 3.8) is 0 Å². The van der Waals surface area contributed by atoms with Crippen LogP contribution in [0.15, 0.2) is 22.7 Å². The van der Waals surface area contributed by atoms with Gasteiger partial charge >= 0.3 is 5.97 Å². The lowest BCUT2D eigenvalue weighted by atomic mass is 10.1. The van der Waals surface area contributed by atoms with Crippen molar-refractivity contribution in [2.24, 2.45) is 0 Å². The molecule has 1 amide bonds. The zero-order valence-electron chi connectivity index (χ0n) is 11.5. The monoisotopic (exact) mass is 351 g/mol. The summed E-state index contributed by atoms with van der Waals surface area (Å²) < 4.78 is 0.524. The lowest BCUT2D eigenvalue weighted by molar-refractivity contribution is -0.115. The van der Waals surface area contributed by atoms with Crippen LogP contribution in [0.25, 0.3) is 0 Å². The number of benzene rings is 1. The second-order valence-corrected chi connectivity index (χ2v) is 5.46. The van der Waals surface area contributed by atoms with Crippen molar-refractivity contribution in [3.05, 3.63) is 45.2 Å². The Labute approximate surface area is 129 Å². The number of aromatic nitrogens is 2. The summed E-state index contributed by atoms with van der Waals surface area (Å²) in [5.74, 6) is -1.39. The molecule has 0 spiro atoms. The van der Waals surface area contributed by atoms with Crippen LogP contribution in [0.5, 0.6) is 0 Å². The molecule has 0 fully saturated rings. The highest BCUT2D eigenvalue weighted by Crippen LogP contribution is 2.27. The van der Waals surface area contributed by atoms with Gasteiger partial charge in [0.2, 0.25) is 5.91 Å². The van der Waals surface area contributed by atoms with E-state index in [0.717, 1.165) is 17.0 Å². The zero-order chi connectivity index (χ0) is 15.6. The lowest BCUT2D eigenvalue weighted by Gasteiger charge is -2.10. The van der Waals surface area contributed by atoms with Crippen LogP contribution in [-0.2, 0) is 11.2 Å². The zero-order valence-corrected chi connectivity index (χ0v) is 13.1. The van der Waals surface area contributed by atoms with Crippen LogP contribution in [0, 0.1) is 13.8 Å². The summed E-state index contributed by atoms with van der Waals surface area (Å²) in [5.41, 5.74) is 2.70. The summed E-state index contributed by atoms with van der Waals surface area (Å²) in [4.78, 5) is 23.3. The average molecular weight is 352 g/mol. The maximum atomic E-state index is 12.1. The molecule has 0 unspecified atom stereocenters. The van der Waals surface area contributed by atoms with Crippen molar-refractivity contribution in [1.82, 2.24) is 10.2 Å². The number of aromatic carboxylic acids is 1. The van der Waals surface area contributed by atoms with E-state index in [0.29, 0.717) is 4.47 Å². The van der Waals surface area contributed by atoms with Gasteiger partial charge in [-0.1, -0.05) is 6.07 Å². The van der Waals surface area contributed by atoms with Crippen LogP contribution in [0.2, 0.25) is 0 Å². The van der Waals surface area contributed by atoms with Crippen LogP contribution in [-0.4, -0.2) is 27.2 Å². The summed E-state index contributed by atoms with van der Waals surface area (Å²) in [6, 6.07) is 4.72. The predicted octanol–water partition coefficient (Wildman–Crippen LogP) is 2.67. The summed E-state index contributed by atoms with van der Waals surface area (Å²) in [7, 11) is 0. The Bertz CT molecular complexity index is 690. The molecule has 1 aromatic heterocycles. The van der Waals surface area contributed by atoms with Crippen LogP contribution in [0.1, 0.15) is 27.3 Å². The number of carbonyl (C=O) groups is 2. The number of carbonyl (C=O) groups excluding carboxylic acids is 1. The molecule has 0 radical (unpaired) electrons. The average Bonchev–Trinajstić information content (AvgIpc) is 2.72. The van der Waals surface area contributed by atoms with Gasteiger partial charge < -0.3 is 10.4 Å². The number of halogens is 1. The summed E-state index contributed by atoms with van der Waals surface area (Å²) >= 11 is 3.25. The molecule has 21 heavy (non-hydrogen) atoms. The molecule has 0 saturated carbocycles. The van der Waals surface area contributed by atoms with E-state index >= 15 is 0 Å². The largest absolute Gasteiger partial charge is 0.478 e. The summed E-state index contributed by atoms with van der Waals surface area (Å²) in [6.07, 6.45) is 0.133.